The summed E-state index contributed by atoms with van der Waals surface area (Å²) in [5.74, 6) is 1.06. The Morgan fingerprint density at radius 1 is 1.42 bits per heavy atom. The normalized spacial score (nSPS) is 21.4. The molecule has 3 nitrogen and oxygen atoms in total. The maximum atomic E-state index is 6.34. The van der Waals surface area contributed by atoms with Gasteiger partial charge in [-0.15, -0.1) is 0 Å². The minimum absolute atomic E-state index is 0.0418. The molecule has 0 radical (unpaired) electrons. The maximum Gasteiger partial charge on any atom is 0.122 e. The molecule has 0 bridgehead atoms. The zero-order valence-electron chi connectivity index (χ0n) is 11.7. The van der Waals surface area contributed by atoms with Crippen molar-refractivity contribution < 1.29 is 9.47 Å². The van der Waals surface area contributed by atoms with Crippen LogP contribution in [0, 0.1) is 0 Å². The number of hydrogen-bond donors (Lipinski definition) is 1. The molecule has 3 heteroatoms. The number of ether oxygens (including phenoxy) is 2. The van der Waals surface area contributed by atoms with Gasteiger partial charge in [0.15, 0.2) is 0 Å². The van der Waals surface area contributed by atoms with E-state index in [1.165, 1.54) is 17.5 Å². The van der Waals surface area contributed by atoms with Gasteiger partial charge < -0.3 is 15.2 Å². The first-order valence-electron chi connectivity index (χ1n) is 7.29. The van der Waals surface area contributed by atoms with E-state index in [-0.39, 0.29) is 11.6 Å². The van der Waals surface area contributed by atoms with Crippen molar-refractivity contribution in [2.45, 2.75) is 50.2 Å². The molecule has 1 unspecified atom stereocenters. The van der Waals surface area contributed by atoms with Crippen molar-refractivity contribution in [3.8, 4) is 5.75 Å². The van der Waals surface area contributed by atoms with Gasteiger partial charge in [-0.2, -0.15) is 0 Å². The molecule has 2 aliphatic rings. The smallest absolute Gasteiger partial charge is 0.122 e. The van der Waals surface area contributed by atoms with Crippen molar-refractivity contribution in [1.82, 2.24) is 0 Å². The molecule has 1 saturated carbocycles. The predicted molar refractivity (Wildman–Crippen MR) is 75.5 cm³/mol. The lowest BCUT2D eigenvalue weighted by atomic mass is 9.73. The minimum atomic E-state index is -0.0418. The lowest BCUT2D eigenvalue weighted by Crippen LogP contribution is -2.54. The van der Waals surface area contributed by atoms with Crippen LogP contribution in [0.15, 0.2) is 18.2 Å². The summed E-state index contributed by atoms with van der Waals surface area (Å²) < 4.78 is 11.2. The third-order valence-corrected chi connectivity index (χ3v) is 4.78. The highest BCUT2D eigenvalue weighted by molar-refractivity contribution is 5.39. The van der Waals surface area contributed by atoms with Gasteiger partial charge in [-0.05, 0) is 49.3 Å². The Kier molecular flexibility index (Phi) is 3.50. The molecule has 1 fully saturated rings. The monoisotopic (exact) mass is 261 g/mol. The van der Waals surface area contributed by atoms with E-state index in [0.29, 0.717) is 0 Å². The zero-order valence-corrected chi connectivity index (χ0v) is 11.7. The van der Waals surface area contributed by atoms with Crippen molar-refractivity contribution in [2.75, 3.05) is 13.7 Å². The number of rotatable bonds is 5. The molecular formula is C16H23NO2. The first-order chi connectivity index (χ1) is 9.23. The molecule has 104 valence electrons. The van der Waals surface area contributed by atoms with E-state index in [2.05, 4.69) is 18.2 Å². The molecule has 3 rings (SSSR count). The average molecular weight is 261 g/mol. The molecule has 0 amide bonds. The molecule has 1 aliphatic carbocycles. The summed E-state index contributed by atoms with van der Waals surface area (Å²) in [5, 5.41) is 0. The van der Waals surface area contributed by atoms with E-state index in [1.54, 1.807) is 7.11 Å². The lowest BCUT2D eigenvalue weighted by Gasteiger charge is -2.45. The fraction of sp³-hybridized carbons (Fsp3) is 0.625. The molecule has 1 heterocycles. The Labute approximate surface area is 115 Å². The van der Waals surface area contributed by atoms with Crippen LogP contribution in [-0.2, 0) is 17.6 Å². The molecular weight excluding hydrogens is 238 g/mol. The minimum Gasteiger partial charge on any atom is -0.493 e. The lowest BCUT2D eigenvalue weighted by molar-refractivity contribution is -0.0912. The van der Waals surface area contributed by atoms with E-state index in [9.17, 15) is 0 Å². The van der Waals surface area contributed by atoms with Gasteiger partial charge in [0.25, 0.3) is 0 Å². The number of fused-ring (bicyclic) bond motifs is 1. The second-order valence-corrected chi connectivity index (χ2v) is 5.81. The van der Waals surface area contributed by atoms with E-state index in [1.807, 2.05) is 0 Å². The third kappa shape index (κ3) is 2.37. The summed E-state index contributed by atoms with van der Waals surface area (Å²) in [4.78, 5) is 0. The van der Waals surface area contributed by atoms with Crippen LogP contribution >= 0.6 is 0 Å². The van der Waals surface area contributed by atoms with E-state index in [4.69, 9.17) is 15.2 Å². The summed E-state index contributed by atoms with van der Waals surface area (Å²) in [6.45, 7) is 0.824. The molecule has 0 spiro atoms. The van der Waals surface area contributed by atoms with Crippen LogP contribution in [0.2, 0.25) is 0 Å². The van der Waals surface area contributed by atoms with Crippen LogP contribution in [-0.4, -0.2) is 25.4 Å². The largest absolute Gasteiger partial charge is 0.493 e. The Balaban J connectivity index is 1.60. The van der Waals surface area contributed by atoms with Crippen molar-refractivity contribution in [3.05, 3.63) is 29.3 Å². The van der Waals surface area contributed by atoms with Crippen LogP contribution < -0.4 is 10.5 Å². The van der Waals surface area contributed by atoms with Gasteiger partial charge in [0.2, 0.25) is 0 Å². The van der Waals surface area contributed by atoms with Crippen molar-refractivity contribution in [1.29, 1.82) is 0 Å². The summed E-state index contributed by atoms with van der Waals surface area (Å²) in [7, 11) is 1.80. The van der Waals surface area contributed by atoms with Crippen LogP contribution in [0.25, 0.3) is 0 Å². The summed E-state index contributed by atoms with van der Waals surface area (Å²) in [6, 6.07) is 6.68. The molecule has 0 saturated heterocycles. The predicted octanol–water partition coefficient (Wildman–Crippen LogP) is 2.45. The van der Waals surface area contributed by atoms with Crippen molar-refractivity contribution in [3.63, 3.8) is 0 Å². The summed E-state index contributed by atoms with van der Waals surface area (Å²) >= 11 is 0. The van der Waals surface area contributed by atoms with Gasteiger partial charge in [-0.25, -0.2) is 0 Å². The Morgan fingerprint density at radius 2 is 2.26 bits per heavy atom. The number of aryl methyl sites for hydroxylation is 1. The Hall–Kier alpha value is -1.06. The molecule has 19 heavy (non-hydrogen) atoms. The van der Waals surface area contributed by atoms with Gasteiger partial charge in [0.1, 0.15) is 5.75 Å². The number of hydrogen-bond acceptors (Lipinski definition) is 3. The number of nitrogens with two attached hydrogens (primary N) is 1. The Bertz CT molecular complexity index is 449. The summed E-state index contributed by atoms with van der Waals surface area (Å²) in [6.07, 6.45) is 6.54. The number of benzene rings is 1. The second-order valence-electron chi connectivity index (χ2n) is 5.81. The SMILES string of the molecule is COC1(C(N)CCc2ccc3c(c2)CCO3)CCC1. The van der Waals surface area contributed by atoms with E-state index >= 15 is 0 Å². The maximum absolute atomic E-state index is 6.34. The second kappa shape index (κ2) is 5.14. The molecule has 1 aromatic carbocycles. The third-order valence-electron chi connectivity index (χ3n) is 4.78. The highest BCUT2D eigenvalue weighted by Gasteiger charge is 2.42. The highest BCUT2D eigenvalue weighted by Crippen LogP contribution is 2.38. The van der Waals surface area contributed by atoms with Gasteiger partial charge in [0, 0.05) is 19.6 Å². The van der Waals surface area contributed by atoms with Crippen LogP contribution in [0.3, 0.4) is 0 Å². The van der Waals surface area contributed by atoms with Gasteiger partial charge >= 0.3 is 0 Å². The average Bonchev–Trinajstić information content (AvgIpc) is 2.83. The fourth-order valence-electron chi connectivity index (χ4n) is 3.23. The van der Waals surface area contributed by atoms with Crippen LogP contribution in [0.5, 0.6) is 5.75 Å². The van der Waals surface area contributed by atoms with Gasteiger partial charge in [-0.1, -0.05) is 12.1 Å². The topological polar surface area (TPSA) is 44.5 Å². The first kappa shape index (κ1) is 12.9. The first-order valence-corrected chi connectivity index (χ1v) is 7.29. The molecule has 2 N–H and O–H groups in total. The number of methoxy groups -OCH3 is 1. The van der Waals surface area contributed by atoms with Crippen molar-refractivity contribution >= 4 is 0 Å². The van der Waals surface area contributed by atoms with Crippen LogP contribution in [0.4, 0.5) is 0 Å². The van der Waals surface area contributed by atoms with E-state index < -0.39 is 0 Å². The standard InChI is InChI=1S/C16H23NO2/c1-18-16(8-2-9-16)15(17)6-4-12-3-5-14-13(11-12)7-10-19-14/h3,5,11,15H,2,4,6-10,17H2,1H3. The fourth-order valence-corrected chi connectivity index (χ4v) is 3.23. The molecule has 1 atom stereocenters. The summed E-state index contributed by atoms with van der Waals surface area (Å²) in [5.41, 5.74) is 9.00. The van der Waals surface area contributed by atoms with Gasteiger partial charge in [0.05, 0.1) is 12.2 Å². The van der Waals surface area contributed by atoms with Crippen molar-refractivity contribution in [2.24, 2.45) is 5.73 Å². The quantitative estimate of drug-likeness (QED) is 0.885. The zero-order chi connectivity index (χ0) is 13.3. The van der Waals surface area contributed by atoms with Gasteiger partial charge in [-0.3, -0.25) is 0 Å². The highest BCUT2D eigenvalue weighted by atomic mass is 16.5. The Morgan fingerprint density at radius 3 is 2.95 bits per heavy atom. The molecule has 1 aromatic rings. The van der Waals surface area contributed by atoms with Crippen LogP contribution in [0.1, 0.15) is 36.8 Å². The van der Waals surface area contributed by atoms with E-state index in [0.717, 1.165) is 44.5 Å². The molecule has 1 aliphatic heterocycles. The molecule has 0 aromatic heterocycles.